The Kier molecular flexibility index (Phi) is 3.77. The molecule has 1 saturated carbocycles. The molecule has 1 aromatic heterocycles. The molecule has 1 aliphatic rings. The maximum atomic E-state index is 10.8. The molecule has 0 aromatic carbocycles. The molecule has 2 rings (SSSR count). The van der Waals surface area contributed by atoms with Crippen molar-refractivity contribution in [3.63, 3.8) is 0 Å². The van der Waals surface area contributed by atoms with Gasteiger partial charge in [-0.15, -0.1) is 11.3 Å². The molecule has 0 amide bonds. The largest absolute Gasteiger partial charge is 0.476 e. The van der Waals surface area contributed by atoms with E-state index in [9.17, 15) is 4.79 Å². The van der Waals surface area contributed by atoms with Crippen LogP contribution >= 0.6 is 11.3 Å². The van der Waals surface area contributed by atoms with E-state index in [2.05, 4.69) is 10.3 Å². The Morgan fingerprint density at radius 2 is 2.25 bits per heavy atom. The molecule has 0 saturated heterocycles. The van der Waals surface area contributed by atoms with Crippen LogP contribution in [-0.2, 0) is 0 Å². The van der Waals surface area contributed by atoms with Gasteiger partial charge in [-0.3, -0.25) is 0 Å². The van der Waals surface area contributed by atoms with Crippen molar-refractivity contribution in [1.82, 2.24) is 4.98 Å². The van der Waals surface area contributed by atoms with Crippen molar-refractivity contribution in [2.24, 2.45) is 5.92 Å². The Balaban J connectivity index is 1.88. The van der Waals surface area contributed by atoms with Gasteiger partial charge in [0.15, 0.2) is 5.69 Å². The van der Waals surface area contributed by atoms with Gasteiger partial charge in [0.05, 0.1) is 5.51 Å². The number of aromatic nitrogens is 1. The van der Waals surface area contributed by atoms with Crippen molar-refractivity contribution < 1.29 is 9.90 Å². The zero-order chi connectivity index (χ0) is 11.4. The molecule has 0 aliphatic heterocycles. The fraction of sp³-hybridized carbons (Fsp3) is 0.636. The molecule has 0 radical (unpaired) electrons. The van der Waals surface area contributed by atoms with Gasteiger partial charge >= 0.3 is 5.97 Å². The molecule has 1 aliphatic carbocycles. The molecule has 2 N–H and O–H groups in total. The quantitative estimate of drug-likeness (QED) is 0.849. The Hall–Kier alpha value is -1.10. The van der Waals surface area contributed by atoms with E-state index in [1.54, 1.807) is 5.51 Å². The molecule has 0 atom stereocenters. The second-order valence-electron chi connectivity index (χ2n) is 4.22. The van der Waals surface area contributed by atoms with Gasteiger partial charge in [-0.05, 0) is 18.8 Å². The summed E-state index contributed by atoms with van der Waals surface area (Å²) in [4.78, 5) is 14.7. The third kappa shape index (κ3) is 2.72. The Bertz CT molecular complexity index is 359. The predicted molar refractivity (Wildman–Crippen MR) is 64.1 cm³/mol. The Labute approximate surface area is 98.7 Å². The number of anilines is 1. The summed E-state index contributed by atoms with van der Waals surface area (Å²) >= 11 is 1.36. The van der Waals surface area contributed by atoms with Crippen molar-refractivity contribution in [1.29, 1.82) is 0 Å². The molecule has 88 valence electrons. The van der Waals surface area contributed by atoms with E-state index in [0.717, 1.165) is 6.54 Å². The van der Waals surface area contributed by atoms with Crippen molar-refractivity contribution in [3.8, 4) is 0 Å². The molecular weight excluding hydrogens is 224 g/mol. The van der Waals surface area contributed by atoms with Gasteiger partial charge in [-0.1, -0.05) is 19.3 Å². The fourth-order valence-electron chi connectivity index (χ4n) is 2.15. The number of aromatic carboxylic acids is 1. The predicted octanol–water partition coefficient (Wildman–Crippen LogP) is 2.83. The van der Waals surface area contributed by atoms with E-state index in [-0.39, 0.29) is 5.69 Å². The highest BCUT2D eigenvalue weighted by atomic mass is 32.1. The van der Waals surface area contributed by atoms with Gasteiger partial charge in [-0.25, -0.2) is 9.78 Å². The van der Waals surface area contributed by atoms with Gasteiger partial charge in [0.25, 0.3) is 0 Å². The van der Waals surface area contributed by atoms with Gasteiger partial charge in [0.2, 0.25) is 0 Å². The van der Waals surface area contributed by atoms with Crippen molar-refractivity contribution in [3.05, 3.63) is 11.2 Å². The number of carboxylic acid groups (broad SMARTS) is 1. The smallest absolute Gasteiger partial charge is 0.357 e. The van der Waals surface area contributed by atoms with Crippen LogP contribution in [0.15, 0.2) is 5.51 Å². The molecule has 0 bridgehead atoms. The first kappa shape index (κ1) is 11.4. The summed E-state index contributed by atoms with van der Waals surface area (Å²) < 4.78 is 0. The van der Waals surface area contributed by atoms with E-state index < -0.39 is 5.97 Å². The minimum atomic E-state index is -0.951. The van der Waals surface area contributed by atoms with E-state index in [1.165, 1.54) is 43.4 Å². The van der Waals surface area contributed by atoms with Crippen molar-refractivity contribution in [2.45, 2.75) is 32.1 Å². The van der Waals surface area contributed by atoms with E-state index in [4.69, 9.17) is 5.11 Å². The molecule has 4 nitrogen and oxygen atoms in total. The SMILES string of the molecule is O=C(O)c1ncsc1NCC1CCCCC1. The van der Waals surface area contributed by atoms with Crippen molar-refractivity contribution in [2.75, 3.05) is 11.9 Å². The van der Waals surface area contributed by atoms with Crippen molar-refractivity contribution >= 4 is 22.3 Å². The van der Waals surface area contributed by atoms with Gasteiger partial charge in [0, 0.05) is 6.54 Å². The number of hydrogen-bond acceptors (Lipinski definition) is 4. The Morgan fingerprint density at radius 3 is 2.94 bits per heavy atom. The molecular formula is C11H16N2O2S. The third-order valence-corrected chi connectivity index (χ3v) is 3.83. The van der Waals surface area contributed by atoms with Gasteiger partial charge in [0.1, 0.15) is 5.00 Å². The third-order valence-electron chi connectivity index (χ3n) is 3.05. The van der Waals surface area contributed by atoms with Crippen LogP contribution < -0.4 is 5.32 Å². The lowest BCUT2D eigenvalue weighted by Crippen LogP contribution is -2.17. The summed E-state index contributed by atoms with van der Waals surface area (Å²) in [5.74, 6) is -0.259. The first-order valence-corrected chi connectivity index (χ1v) is 6.56. The number of nitrogens with one attached hydrogen (secondary N) is 1. The zero-order valence-electron chi connectivity index (χ0n) is 9.11. The number of carboxylic acids is 1. The molecule has 16 heavy (non-hydrogen) atoms. The number of thiazole rings is 1. The molecule has 0 spiro atoms. The molecule has 1 aromatic rings. The second-order valence-corrected chi connectivity index (χ2v) is 5.07. The van der Waals surface area contributed by atoms with Crippen LogP contribution in [0.3, 0.4) is 0 Å². The van der Waals surface area contributed by atoms with Crippen LogP contribution in [0.25, 0.3) is 0 Å². The van der Waals surface area contributed by atoms with Crippen LogP contribution in [0.1, 0.15) is 42.6 Å². The summed E-state index contributed by atoms with van der Waals surface area (Å²) in [6, 6.07) is 0. The average Bonchev–Trinajstić information content (AvgIpc) is 2.76. The van der Waals surface area contributed by atoms with Crippen LogP contribution in [-0.4, -0.2) is 22.6 Å². The number of carbonyl (C=O) groups is 1. The summed E-state index contributed by atoms with van der Waals surface area (Å²) in [6.45, 7) is 0.877. The molecule has 5 heteroatoms. The normalized spacial score (nSPS) is 17.2. The minimum Gasteiger partial charge on any atom is -0.476 e. The highest BCUT2D eigenvalue weighted by Crippen LogP contribution is 2.26. The van der Waals surface area contributed by atoms with Crippen LogP contribution in [0.4, 0.5) is 5.00 Å². The monoisotopic (exact) mass is 240 g/mol. The molecule has 1 fully saturated rings. The zero-order valence-corrected chi connectivity index (χ0v) is 9.92. The average molecular weight is 240 g/mol. The topological polar surface area (TPSA) is 62.2 Å². The fourth-order valence-corrected chi connectivity index (χ4v) is 2.83. The second kappa shape index (κ2) is 5.30. The lowest BCUT2D eigenvalue weighted by Gasteiger charge is -2.21. The first-order chi connectivity index (χ1) is 7.77. The van der Waals surface area contributed by atoms with E-state index >= 15 is 0 Å². The van der Waals surface area contributed by atoms with E-state index in [0.29, 0.717) is 10.9 Å². The van der Waals surface area contributed by atoms with E-state index in [1.807, 2.05) is 0 Å². The standard InChI is InChI=1S/C11H16N2O2S/c14-11(15)9-10(16-7-13-9)12-6-8-4-2-1-3-5-8/h7-8,12H,1-6H2,(H,14,15). The molecule has 0 unspecified atom stereocenters. The first-order valence-electron chi connectivity index (χ1n) is 5.68. The molecule has 1 heterocycles. The van der Waals surface area contributed by atoms with Crippen LogP contribution in [0, 0.1) is 5.92 Å². The highest BCUT2D eigenvalue weighted by molar-refractivity contribution is 7.14. The summed E-state index contributed by atoms with van der Waals surface area (Å²) in [5, 5.41) is 12.8. The minimum absolute atomic E-state index is 0.154. The lowest BCUT2D eigenvalue weighted by atomic mass is 9.89. The van der Waals surface area contributed by atoms with Gasteiger partial charge in [-0.2, -0.15) is 0 Å². The summed E-state index contributed by atoms with van der Waals surface area (Å²) in [7, 11) is 0. The van der Waals surface area contributed by atoms with Gasteiger partial charge < -0.3 is 10.4 Å². The Morgan fingerprint density at radius 1 is 1.50 bits per heavy atom. The lowest BCUT2D eigenvalue weighted by molar-refractivity contribution is 0.0692. The van der Waals surface area contributed by atoms with Crippen LogP contribution in [0.5, 0.6) is 0 Å². The number of nitrogens with zero attached hydrogens (tertiary/aromatic N) is 1. The summed E-state index contributed by atoms with van der Waals surface area (Å²) in [5.41, 5.74) is 1.73. The maximum Gasteiger partial charge on any atom is 0.357 e. The number of hydrogen-bond donors (Lipinski definition) is 2. The number of rotatable bonds is 4. The summed E-state index contributed by atoms with van der Waals surface area (Å²) in [6.07, 6.45) is 6.47. The maximum absolute atomic E-state index is 10.8. The van der Waals surface area contributed by atoms with Crippen LogP contribution in [0.2, 0.25) is 0 Å². The highest BCUT2D eigenvalue weighted by Gasteiger charge is 2.16.